The molecule has 0 spiro atoms. The first-order valence-corrected chi connectivity index (χ1v) is 6.69. The number of alkyl halides is 4. The molecule has 0 aliphatic heterocycles. The Hall–Kier alpha value is -1.23. The number of amides is 1. The molecule has 0 bridgehead atoms. The van der Waals surface area contributed by atoms with Crippen LogP contribution in [0.1, 0.15) is 27.0 Å². The second kappa shape index (κ2) is 6.48. The van der Waals surface area contributed by atoms with Crippen LogP contribution >= 0.6 is 11.6 Å². The molecule has 0 aliphatic carbocycles. The highest BCUT2D eigenvalue weighted by Crippen LogP contribution is 2.22. The van der Waals surface area contributed by atoms with Crippen molar-refractivity contribution in [2.45, 2.75) is 26.9 Å². The third-order valence-electron chi connectivity index (χ3n) is 2.90. The fourth-order valence-corrected chi connectivity index (χ4v) is 2.45. The lowest BCUT2D eigenvalue weighted by molar-refractivity contribution is -0.140. The van der Waals surface area contributed by atoms with Crippen LogP contribution in [-0.4, -0.2) is 36.0 Å². The molecule has 0 N–H and O–H groups in total. The maximum absolute atomic E-state index is 12.5. The largest absolute Gasteiger partial charge is 0.406 e. The van der Waals surface area contributed by atoms with Gasteiger partial charge in [-0.2, -0.15) is 13.2 Å². The Kier molecular flexibility index (Phi) is 5.45. The smallest absolute Gasteiger partial charge is 0.328 e. The molecule has 0 saturated heterocycles. The van der Waals surface area contributed by atoms with E-state index in [2.05, 4.69) is 0 Å². The molecule has 0 aromatic heterocycles. The quantitative estimate of drug-likeness (QED) is 0.774. The molecule has 1 rings (SSSR count). The number of carbonyl (C=O) groups is 1. The Bertz CT molecular complexity index is 477. The zero-order valence-corrected chi connectivity index (χ0v) is 12.4. The number of carbonyl (C=O) groups excluding carboxylic acids is 1. The van der Waals surface area contributed by atoms with E-state index in [1.54, 1.807) is 26.0 Å². The molecule has 0 saturated carbocycles. The molecular formula is C14H17ClF3NO. The number of halogens is 4. The van der Waals surface area contributed by atoms with Crippen LogP contribution in [0.15, 0.2) is 12.1 Å². The molecule has 0 aliphatic rings. The summed E-state index contributed by atoms with van der Waals surface area (Å²) in [6, 6.07) is 3.57. The summed E-state index contributed by atoms with van der Waals surface area (Å²) in [5.74, 6) is -0.663. The summed E-state index contributed by atoms with van der Waals surface area (Å²) in [5.41, 5.74) is 2.64. The number of nitrogens with zero attached hydrogens (tertiary/aromatic N) is 1. The predicted octanol–water partition coefficient (Wildman–Crippen LogP) is 3.86. The Balaban J connectivity index is 3.13. The van der Waals surface area contributed by atoms with Gasteiger partial charge in [-0.1, -0.05) is 17.7 Å². The SMILES string of the molecule is Cc1cc(C)c(C(=O)N(CCCl)CC(F)(F)F)c(C)c1. The Labute approximate surface area is 121 Å². The van der Waals surface area contributed by atoms with E-state index in [1.807, 2.05) is 6.92 Å². The van der Waals surface area contributed by atoms with Crippen LogP contribution in [0.2, 0.25) is 0 Å². The molecule has 20 heavy (non-hydrogen) atoms. The molecule has 6 heteroatoms. The monoisotopic (exact) mass is 307 g/mol. The number of benzene rings is 1. The van der Waals surface area contributed by atoms with Crippen LogP contribution in [0.5, 0.6) is 0 Å². The molecule has 0 radical (unpaired) electrons. The van der Waals surface area contributed by atoms with Crippen molar-refractivity contribution < 1.29 is 18.0 Å². The standard InChI is InChI=1S/C14H17ClF3NO/c1-9-6-10(2)12(11(3)7-9)13(20)19(5-4-15)8-14(16,17)18/h6-7H,4-5,8H2,1-3H3. The zero-order chi connectivity index (χ0) is 15.5. The van der Waals surface area contributed by atoms with Crippen LogP contribution in [0, 0.1) is 20.8 Å². The van der Waals surface area contributed by atoms with Crippen molar-refractivity contribution in [2.75, 3.05) is 19.0 Å². The molecule has 0 heterocycles. The molecule has 112 valence electrons. The summed E-state index contributed by atoms with van der Waals surface area (Å²) in [6.07, 6.45) is -4.44. The minimum atomic E-state index is -4.44. The Morgan fingerprint density at radius 1 is 1.20 bits per heavy atom. The second-order valence-corrected chi connectivity index (χ2v) is 5.18. The third-order valence-corrected chi connectivity index (χ3v) is 3.07. The average molecular weight is 308 g/mol. The first-order valence-electron chi connectivity index (χ1n) is 6.15. The van der Waals surface area contributed by atoms with Crippen molar-refractivity contribution in [1.82, 2.24) is 4.90 Å². The maximum Gasteiger partial charge on any atom is 0.406 e. The van der Waals surface area contributed by atoms with Gasteiger partial charge in [0.1, 0.15) is 6.54 Å². The Morgan fingerprint density at radius 2 is 1.70 bits per heavy atom. The molecule has 1 amide bonds. The van der Waals surface area contributed by atoms with Gasteiger partial charge in [0.2, 0.25) is 0 Å². The van der Waals surface area contributed by atoms with E-state index in [4.69, 9.17) is 11.6 Å². The minimum absolute atomic E-state index is 0.0359. The van der Waals surface area contributed by atoms with Crippen LogP contribution in [0.3, 0.4) is 0 Å². The van der Waals surface area contributed by atoms with Crippen molar-refractivity contribution in [2.24, 2.45) is 0 Å². The maximum atomic E-state index is 12.5. The van der Waals surface area contributed by atoms with E-state index < -0.39 is 18.6 Å². The van der Waals surface area contributed by atoms with Gasteiger partial charge < -0.3 is 4.90 Å². The highest BCUT2D eigenvalue weighted by atomic mass is 35.5. The van der Waals surface area contributed by atoms with Gasteiger partial charge in [-0.15, -0.1) is 11.6 Å². The Morgan fingerprint density at radius 3 is 2.10 bits per heavy atom. The molecule has 0 fully saturated rings. The van der Waals surface area contributed by atoms with E-state index in [1.165, 1.54) is 0 Å². The first-order chi connectivity index (χ1) is 9.15. The van der Waals surface area contributed by atoms with Gasteiger partial charge in [0, 0.05) is 18.0 Å². The van der Waals surface area contributed by atoms with Gasteiger partial charge in [-0.25, -0.2) is 0 Å². The van der Waals surface area contributed by atoms with E-state index in [0.29, 0.717) is 16.7 Å². The topological polar surface area (TPSA) is 20.3 Å². The van der Waals surface area contributed by atoms with Gasteiger partial charge >= 0.3 is 6.18 Å². The van der Waals surface area contributed by atoms with Gasteiger partial charge in [-0.05, 0) is 31.9 Å². The summed E-state index contributed by atoms with van der Waals surface area (Å²) in [6.45, 7) is 3.90. The lowest BCUT2D eigenvalue weighted by atomic mass is 9.98. The lowest BCUT2D eigenvalue weighted by Gasteiger charge is -2.25. The summed E-state index contributed by atoms with van der Waals surface area (Å²) < 4.78 is 37.6. The normalized spacial score (nSPS) is 11.6. The zero-order valence-electron chi connectivity index (χ0n) is 11.6. The van der Waals surface area contributed by atoms with Gasteiger partial charge in [-0.3, -0.25) is 4.79 Å². The summed E-state index contributed by atoms with van der Waals surface area (Å²) in [7, 11) is 0. The highest BCUT2D eigenvalue weighted by Gasteiger charge is 2.33. The lowest BCUT2D eigenvalue weighted by Crippen LogP contribution is -2.40. The van der Waals surface area contributed by atoms with Crippen molar-refractivity contribution >= 4 is 17.5 Å². The molecule has 0 unspecified atom stereocenters. The van der Waals surface area contributed by atoms with Crippen molar-refractivity contribution in [3.8, 4) is 0 Å². The third kappa shape index (κ3) is 4.40. The van der Waals surface area contributed by atoms with Crippen LogP contribution < -0.4 is 0 Å². The molecule has 1 aromatic rings. The summed E-state index contributed by atoms with van der Waals surface area (Å²) in [4.78, 5) is 13.1. The van der Waals surface area contributed by atoms with E-state index >= 15 is 0 Å². The minimum Gasteiger partial charge on any atom is -0.328 e. The fraction of sp³-hybridized carbons (Fsp3) is 0.500. The second-order valence-electron chi connectivity index (χ2n) is 4.80. The molecule has 1 aromatic carbocycles. The number of aryl methyl sites for hydroxylation is 3. The average Bonchev–Trinajstić information content (AvgIpc) is 2.24. The van der Waals surface area contributed by atoms with Crippen molar-refractivity contribution in [1.29, 1.82) is 0 Å². The first kappa shape index (κ1) is 16.8. The van der Waals surface area contributed by atoms with Gasteiger partial charge in [0.25, 0.3) is 5.91 Å². The fourth-order valence-electron chi connectivity index (χ4n) is 2.25. The molecule has 0 atom stereocenters. The van der Waals surface area contributed by atoms with E-state index in [-0.39, 0.29) is 12.4 Å². The van der Waals surface area contributed by atoms with E-state index in [9.17, 15) is 18.0 Å². The van der Waals surface area contributed by atoms with Crippen LogP contribution in [0.25, 0.3) is 0 Å². The van der Waals surface area contributed by atoms with Crippen LogP contribution in [0.4, 0.5) is 13.2 Å². The number of hydrogen-bond acceptors (Lipinski definition) is 1. The van der Waals surface area contributed by atoms with Gasteiger partial charge in [0.15, 0.2) is 0 Å². The van der Waals surface area contributed by atoms with Gasteiger partial charge in [0.05, 0.1) is 0 Å². The number of rotatable bonds is 4. The van der Waals surface area contributed by atoms with Crippen molar-refractivity contribution in [3.05, 3.63) is 34.4 Å². The molecule has 2 nitrogen and oxygen atoms in total. The van der Waals surface area contributed by atoms with Crippen LogP contribution in [-0.2, 0) is 0 Å². The number of hydrogen-bond donors (Lipinski definition) is 0. The molecular weight excluding hydrogens is 291 g/mol. The summed E-state index contributed by atoms with van der Waals surface area (Å²) >= 11 is 5.50. The van der Waals surface area contributed by atoms with Crippen molar-refractivity contribution in [3.63, 3.8) is 0 Å². The summed E-state index contributed by atoms with van der Waals surface area (Å²) in [5, 5.41) is 0. The highest BCUT2D eigenvalue weighted by molar-refractivity contribution is 6.18. The predicted molar refractivity (Wildman–Crippen MR) is 73.3 cm³/mol. The van der Waals surface area contributed by atoms with E-state index in [0.717, 1.165) is 10.5 Å².